The number of anilines is 1. The van der Waals surface area contributed by atoms with E-state index in [9.17, 15) is 13.2 Å². The van der Waals surface area contributed by atoms with E-state index < -0.39 is 10.0 Å². The van der Waals surface area contributed by atoms with E-state index in [-0.39, 0.29) is 16.8 Å². The van der Waals surface area contributed by atoms with Crippen LogP contribution in [0.15, 0.2) is 83.8 Å². The first-order valence-corrected chi connectivity index (χ1v) is 11.0. The lowest BCUT2D eigenvalue weighted by Crippen LogP contribution is -2.28. The van der Waals surface area contributed by atoms with Gasteiger partial charge >= 0.3 is 0 Å². The molecule has 1 amide bonds. The molecule has 0 fully saturated rings. The van der Waals surface area contributed by atoms with Crippen LogP contribution in [0.3, 0.4) is 0 Å². The molecule has 3 aromatic carbocycles. The highest BCUT2D eigenvalue weighted by molar-refractivity contribution is 7.92. The zero-order chi connectivity index (χ0) is 21.6. The van der Waals surface area contributed by atoms with Gasteiger partial charge in [-0.05, 0) is 60.5 Å². The van der Waals surface area contributed by atoms with E-state index in [1.807, 2.05) is 37.3 Å². The lowest BCUT2D eigenvalue weighted by molar-refractivity contribution is 0.0935. The molecule has 0 heterocycles. The Morgan fingerprint density at radius 2 is 1.57 bits per heavy atom. The first-order valence-electron chi connectivity index (χ1n) is 9.55. The number of amides is 1. The van der Waals surface area contributed by atoms with Crippen molar-refractivity contribution in [3.05, 3.63) is 90.0 Å². The second kappa shape index (κ2) is 9.45. The minimum atomic E-state index is -3.74. The highest BCUT2D eigenvalue weighted by Gasteiger charge is 2.16. The standard InChI is InChI=1S/C23H24N2O4S/c1-3-22(17-7-5-4-6-8-17)24-23(26)18-9-11-19(12-10-18)25-30(27,28)21-15-13-20(29-2)14-16-21/h4-16,22,25H,3H2,1-2H3,(H,24,26). The fourth-order valence-electron chi connectivity index (χ4n) is 3.01. The number of carbonyl (C=O) groups excluding carboxylic acids is 1. The molecule has 0 aliphatic heterocycles. The third-order valence-electron chi connectivity index (χ3n) is 4.68. The molecule has 30 heavy (non-hydrogen) atoms. The van der Waals surface area contributed by atoms with Crippen molar-refractivity contribution >= 4 is 21.6 Å². The summed E-state index contributed by atoms with van der Waals surface area (Å²) in [6.07, 6.45) is 0.759. The van der Waals surface area contributed by atoms with E-state index in [2.05, 4.69) is 10.0 Å². The Morgan fingerprint density at radius 3 is 2.13 bits per heavy atom. The SMILES string of the molecule is CCC(NC(=O)c1ccc(NS(=O)(=O)c2ccc(OC)cc2)cc1)c1ccccc1. The van der Waals surface area contributed by atoms with E-state index in [4.69, 9.17) is 4.74 Å². The van der Waals surface area contributed by atoms with Crippen molar-refractivity contribution in [1.29, 1.82) is 0 Å². The van der Waals surface area contributed by atoms with Crippen LogP contribution in [0.4, 0.5) is 5.69 Å². The quantitative estimate of drug-likeness (QED) is 0.562. The first-order chi connectivity index (χ1) is 14.4. The second-order valence-corrected chi connectivity index (χ2v) is 8.39. The molecule has 0 aromatic heterocycles. The van der Waals surface area contributed by atoms with E-state index in [1.54, 1.807) is 36.4 Å². The van der Waals surface area contributed by atoms with Gasteiger partial charge in [0, 0.05) is 11.3 Å². The average molecular weight is 425 g/mol. The zero-order valence-corrected chi connectivity index (χ0v) is 17.6. The molecule has 1 unspecified atom stereocenters. The molecular weight excluding hydrogens is 400 g/mol. The van der Waals surface area contributed by atoms with Gasteiger partial charge in [-0.15, -0.1) is 0 Å². The molecule has 0 bridgehead atoms. The van der Waals surface area contributed by atoms with Gasteiger partial charge in [0.1, 0.15) is 5.75 Å². The maximum absolute atomic E-state index is 12.6. The number of rotatable bonds is 8. The average Bonchev–Trinajstić information content (AvgIpc) is 2.78. The number of hydrogen-bond acceptors (Lipinski definition) is 4. The molecule has 3 aromatic rings. The highest BCUT2D eigenvalue weighted by atomic mass is 32.2. The number of sulfonamides is 1. The van der Waals surface area contributed by atoms with Crippen molar-refractivity contribution in [3.8, 4) is 5.75 Å². The van der Waals surface area contributed by atoms with Gasteiger partial charge in [0.2, 0.25) is 0 Å². The molecule has 0 spiro atoms. The number of benzene rings is 3. The Kier molecular flexibility index (Phi) is 6.74. The van der Waals surface area contributed by atoms with Crippen LogP contribution in [0.25, 0.3) is 0 Å². The number of methoxy groups -OCH3 is 1. The maximum Gasteiger partial charge on any atom is 0.261 e. The molecule has 2 N–H and O–H groups in total. The fourth-order valence-corrected chi connectivity index (χ4v) is 4.07. The van der Waals surface area contributed by atoms with Crippen molar-refractivity contribution < 1.29 is 17.9 Å². The summed E-state index contributed by atoms with van der Waals surface area (Å²) in [4.78, 5) is 12.7. The third kappa shape index (κ3) is 5.18. The Labute approximate surface area is 177 Å². The molecule has 0 aliphatic carbocycles. The molecule has 0 aliphatic rings. The predicted octanol–water partition coefficient (Wildman–Crippen LogP) is 4.38. The summed E-state index contributed by atoms with van der Waals surface area (Å²) in [7, 11) is -2.22. The van der Waals surface area contributed by atoms with Gasteiger partial charge in [-0.25, -0.2) is 8.42 Å². The molecule has 156 valence electrons. The van der Waals surface area contributed by atoms with Crippen LogP contribution < -0.4 is 14.8 Å². The number of hydrogen-bond donors (Lipinski definition) is 2. The predicted molar refractivity (Wildman–Crippen MR) is 117 cm³/mol. The van der Waals surface area contributed by atoms with Gasteiger partial charge in [0.15, 0.2) is 0 Å². The fraction of sp³-hybridized carbons (Fsp3) is 0.174. The van der Waals surface area contributed by atoms with Crippen LogP contribution in [0.1, 0.15) is 35.3 Å². The Balaban J connectivity index is 1.68. The second-order valence-electron chi connectivity index (χ2n) is 6.70. The maximum atomic E-state index is 12.6. The summed E-state index contributed by atoms with van der Waals surface area (Å²) in [5.41, 5.74) is 1.87. The summed E-state index contributed by atoms with van der Waals surface area (Å²) in [5, 5.41) is 3.01. The monoisotopic (exact) mass is 424 g/mol. The van der Waals surface area contributed by atoms with Gasteiger partial charge in [-0.3, -0.25) is 9.52 Å². The van der Waals surface area contributed by atoms with Crippen LogP contribution in [-0.2, 0) is 10.0 Å². The number of carbonyl (C=O) groups is 1. The Morgan fingerprint density at radius 1 is 0.933 bits per heavy atom. The lowest BCUT2D eigenvalue weighted by atomic mass is 10.0. The molecular formula is C23H24N2O4S. The molecule has 0 saturated heterocycles. The highest BCUT2D eigenvalue weighted by Crippen LogP contribution is 2.20. The van der Waals surface area contributed by atoms with Gasteiger partial charge in [-0.1, -0.05) is 37.3 Å². The smallest absolute Gasteiger partial charge is 0.261 e. The minimum absolute atomic E-state index is 0.0908. The van der Waals surface area contributed by atoms with E-state index in [0.717, 1.165) is 12.0 Å². The summed E-state index contributed by atoms with van der Waals surface area (Å²) < 4.78 is 32.6. The van der Waals surface area contributed by atoms with Gasteiger partial charge in [0.25, 0.3) is 15.9 Å². The number of ether oxygens (including phenoxy) is 1. The summed E-state index contributed by atoms with van der Waals surface area (Å²) >= 11 is 0. The Bertz CT molecular complexity index is 1080. The Hall–Kier alpha value is -3.32. The van der Waals surface area contributed by atoms with Crippen molar-refractivity contribution in [2.24, 2.45) is 0 Å². The number of nitrogens with one attached hydrogen (secondary N) is 2. The summed E-state index contributed by atoms with van der Waals surface area (Å²) in [6.45, 7) is 2.01. The van der Waals surface area contributed by atoms with Crippen molar-refractivity contribution in [1.82, 2.24) is 5.32 Å². The zero-order valence-electron chi connectivity index (χ0n) is 16.8. The summed E-state index contributed by atoms with van der Waals surface area (Å²) in [6, 6.07) is 22.1. The normalized spacial score (nSPS) is 12.1. The molecule has 1 atom stereocenters. The van der Waals surface area contributed by atoms with Crippen molar-refractivity contribution in [2.45, 2.75) is 24.3 Å². The topological polar surface area (TPSA) is 84.5 Å². The minimum Gasteiger partial charge on any atom is -0.497 e. The van der Waals surface area contributed by atoms with Crippen LogP contribution in [0.5, 0.6) is 5.75 Å². The van der Waals surface area contributed by atoms with Crippen LogP contribution >= 0.6 is 0 Å². The van der Waals surface area contributed by atoms with E-state index in [0.29, 0.717) is 17.0 Å². The molecule has 6 nitrogen and oxygen atoms in total. The molecule has 0 radical (unpaired) electrons. The first kappa shape index (κ1) is 21.4. The van der Waals surface area contributed by atoms with Crippen LogP contribution in [0, 0.1) is 0 Å². The molecule has 0 saturated carbocycles. The van der Waals surface area contributed by atoms with Gasteiger partial charge in [0.05, 0.1) is 18.0 Å². The van der Waals surface area contributed by atoms with E-state index in [1.165, 1.54) is 19.2 Å². The van der Waals surface area contributed by atoms with Gasteiger partial charge < -0.3 is 10.1 Å². The summed E-state index contributed by atoms with van der Waals surface area (Å²) in [5.74, 6) is 0.362. The van der Waals surface area contributed by atoms with Crippen LogP contribution in [0.2, 0.25) is 0 Å². The van der Waals surface area contributed by atoms with Crippen molar-refractivity contribution in [2.75, 3.05) is 11.8 Å². The van der Waals surface area contributed by atoms with Gasteiger partial charge in [-0.2, -0.15) is 0 Å². The lowest BCUT2D eigenvalue weighted by Gasteiger charge is -2.17. The molecule has 7 heteroatoms. The van der Waals surface area contributed by atoms with Crippen LogP contribution in [-0.4, -0.2) is 21.4 Å². The van der Waals surface area contributed by atoms with Crippen molar-refractivity contribution in [3.63, 3.8) is 0 Å². The molecule has 3 rings (SSSR count). The third-order valence-corrected chi connectivity index (χ3v) is 6.08. The largest absolute Gasteiger partial charge is 0.497 e. The van der Waals surface area contributed by atoms with E-state index >= 15 is 0 Å².